The first-order chi connectivity index (χ1) is 9.32. The number of hydrogen-bond donors (Lipinski definition) is 3. The molecule has 0 aromatic heterocycles. The minimum Gasteiger partial charge on any atom is -0.358 e. The zero-order valence-electron chi connectivity index (χ0n) is 12.5. The Morgan fingerprint density at radius 3 is 2.05 bits per heavy atom. The highest BCUT2D eigenvalue weighted by Crippen LogP contribution is 2.23. The van der Waals surface area contributed by atoms with E-state index in [0.29, 0.717) is 0 Å². The highest BCUT2D eigenvalue weighted by Gasteiger charge is 2.13. The summed E-state index contributed by atoms with van der Waals surface area (Å²) in [7, 11) is 1.56. The molecule has 1 aromatic carbocycles. The zero-order chi connectivity index (χ0) is 15.2. The van der Waals surface area contributed by atoms with Gasteiger partial charge in [0.1, 0.15) is 0 Å². The summed E-state index contributed by atoms with van der Waals surface area (Å²) in [6, 6.07) is 7.79. The summed E-state index contributed by atoms with van der Waals surface area (Å²) >= 11 is 0. The van der Waals surface area contributed by atoms with Crippen molar-refractivity contribution in [2.24, 2.45) is 0 Å². The molecular weight excluding hydrogens is 254 g/mol. The zero-order valence-corrected chi connectivity index (χ0v) is 12.5. The van der Waals surface area contributed by atoms with Gasteiger partial charge >= 0.3 is 0 Å². The summed E-state index contributed by atoms with van der Waals surface area (Å²) in [6.07, 6.45) is 0. The van der Waals surface area contributed by atoms with Crippen LogP contribution in [0.2, 0.25) is 0 Å². The van der Waals surface area contributed by atoms with Crippen LogP contribution in [0.3, 0.4) is 0 Å². The number of nitrogens with one attached hydrogen (secondary N) is 3. The van der Waals surface area contributed by atoms with Crippen LogP contribution in [0.5, 0.6) is 0 Å². The van der Waals surface area contributed by atoms with Gasteiger partial charge in [-0.3, -0.25) is 14.9 Å². The first-order valence-electron chi connectivity index (χ1n) is 6.64. The molecule has 0 saturated heterocycles. The van der Waals surface area contributed by atoms with E-state index < -0.39 is 0 Å². The van der Waals surface area contributed by atoms with E-state index in [1.807, 2.05) is 24.3 Å². The number of amides is 2. The van der Waals surface area contributed by atoms with Crippen molar-refractivity contribution in [3.8, 4) is 0 Å². The van der Waals surface area contributed by atoms with Crippen molar-refractivity contribution >= 4 is 17.5 Å². The van der Waals surface area contributed by atoms with Crippen molar-refractivity contribution in [1.82, 2.24) is 10.6 Å². The van der Waals surface area contributed by atoms with Crippen molar-refractivity contribution in [1.29, 1.82) is 0 Å². The van der Waals surface area contributed by atoms with E-state index in [-0.39, 0.29) is 30.3 Å². The van der Waals surface area contributed by atoms with Crippen LogP contribution in [0.4, 0.5) is 5.69 Å². The minimum atomic E-state index is -0.169. The molecule has 0 aliphatic carbocycles. The second kappa shape index (κ2) is 7.05. The standard InChI is InChI=1S/C15H23N3O2/c1-15(2,3)11-5-7-12(8-6-11)18-14(20)10-17-9-13(19)16-4/h5-8,17H,9-10H2,1-4H3,(H,16,19)(H,18,20). The van der Waals surface area contributed by atoms with Gasteiger partial charge in [0.25, 0.3) is 0 Å². The lowest BCUT2D eigenvalue weighted by Crippen LogP contribution is -2.36. The fourth-order valence-electron chi connectivity index (χ4n) is 1.64. The normalized spacial score (nSPS) is 11.0. The molecule has 0 spiro atoms. The van der Waals surface area contributed by atoms with Crippen LogP contribution in [0.15, 0.2) is 24.3 Å². The average molecular weight is 277 g/mol. The highest BCUT2D eigenvalue weighted by atomic mass is 16.2. The molecule has 0 atom stereocenters. The van der Waals surface area contributed by atoms with E-state index in [1.54, 1.807) is 7.05 Å². The van der Waals surface area contributed by atoms with Gasteiger partial charge in [-0.25, -0.2) is 0 Å². The Bertz CT molecular complexity index is 461. The number of hydrogen-bond acceptors (Lipinski definition) is 3. The molecule has 0 saturated carbocycles. The van der Waals surface area contributed by atoms with Crippen molar-refractivity contribution in [3.63, 3.8) is 0 Å². The fourth-order valence-corrected chi connectivity index (χ4v) is 1.64. The topological polar surface area (TPSA) is 70.2 Å². The monoisotopic (exact) mass is 277 g/mol. The first kappa shape index (κ1) is 16.2. The van der Waals surface area contributed by atoms with Gasteiger partial charge in [0, 0.05) is 12.7 Å². The van der Waals surface area contributed by atoms with Gasteiger partial charge in [-0.1, -0.05) is 32.9 Å². The molecule has 0 fully saturated rings. The van der Waals surface area contributed by atoms with Gasteiger partial charge in [-0.05, 0) is 23.1 Å². The second-order valence-corrected chi connectivity index (χ2v) is 5.65. The average Bonchev–Trinajstić information content (AvgIpc) is 2.38. The Kier molecular flexibility index (Phi) is 5.70. The van der Waals surface area contributed by atoms with E-state index in [2.05, 4.69) is 36.7 Å². The Labute approximate surface area is 120 Å². The van der Waals surface area contributed by atoms with E-state index in [0.717, 1.165) is 5.69 Å². The smallest absolute Gasteiger partial charge is 0.238 e. The maximum Gasteiger partial charge on any atom is 0.238 e. The maximum atomic E-state index is 11.7. The van der Waals surface area contributed by atoms with E-state index in [1.165, 1.54) is 5.56 Å². The molecule has 0 aliphatic heterocycles. The second-order valence-electron chi connectivity index (χ2n) is 5.65. The molecule has 1 aromatic rings. The van der Waals surface area contributed by atoms with Crippen LogP contribution in [0.25, 0.3) is 0 Å². The Morgan fingerprint density at radius 2 is 1.55 bits per heavy atom. The molecule has 20 heavy (non-hydrogen) atoms. The van der Waals surface area contributed by atoms with Gasteiger partial charge < -0.3 is 10.6 Å². The quantitative estimate of drug-likeness (QED) is 0.759. The van der Waals surface area contributed by atoms with Crippen molar-refractivity contribution < 1.29 is 9.59 Å². The fraction of sp³-hybridized carbons (Fsp3) is 0.467. The van der Waals surface area contributed by atoms with Crippen LogP contribution >= 0.6 is 0 Å². The van der Waals surface area contributed by atoms with E-state index >= 15 is 0 Å². The molecule has 0 unspecified atom stereocenters. The molecular formula is C15H23N3O2. The van der Waals surface area contributed by atoms with Crippen LogP contribution in [-0.2, 0) is 15.0 Å². The Hall–Kier alpha value is -1.88. The lowest BCUT2D eigenvalue weighted by Gasteiger charge is -2.19. The number of anilines is 1. The molecule has 2 amide bonds. The highest BCUT2D eigenvalue weighted by molar-refractivity contribution is 5.92. The van der Waals surface area contributed by atoms with Crippen LogP contribution in [0.1, 0.15) is 26.3 Å². The summed E-state index contributed by atoms with van der Waals surface area (Å²) in [5.74, 6) is -0.315. The van der Waals surface area contributed by atoms with Crippen LogP contribution in [-0.4, -0.2) is 32.0 Å². The summed E-state index contributed by atoms with van der Waals surface area (Å²) in [4.78, 5) is 22.6. The lowest BCUT2D eigenvalue weighted by molar-refractivity contribution is -0.119. The van der Waals surface area contributed by atoms with Gasteiger partial charge in [0.15, 0.2) is 0 Å². The third-order valence-corrected chi connectivity index (χ3v) is 2.88. The molecule has 0 radical (unpaired) electrons. The minimum absolute atomic E-state index is 0.0948. The number of benzene rings is 1. The largest absolute Gasteiger partial charge is 0.358 e. The molecule has 5 heteroatoms. The van der Waals surface area contributed by atoms with Crippen LogP contribution < -0.4 is 16.0 Å². The number of carbonyl (C=O) groups is 2. The van der Waals surface area contributed by atoms with Gasteiger partial charge in [0.2, 0.25) is 11.8 Å². The summed E-state index contributed by atoms with van der Waals surface area (Å²) in [6.45, 7) is 6.66. The van der Waals surface area contributed by atoms with Gasteiger partial charge in [-0.2, -0.15) is 0 Å². The number of likely N-dealkylation sites (N-methyl/N-ethyl adjacent to an activating group) is 1. The van der Waals surface area contributed by atoms with Crippen LogP contribution in [0, 0.1) is 0 Å². The summed E-state index contributed by atoms with van der Waals surface area (Å²) in [5, 5.41) is 8.02. The molecule has 0 heterocycles. The van der Waals surface area contributed by atoms with E-state index in [9.17, 15) is 9.59 Å². The van der Waals surface area contributed by atoms with Gasteiger partial charge in [0.05, 0.1) is 13.1 Å². The lowest BCUT2D eigenvalue weighted by atomic mass is 9.87. The summed E-state index contributed by atoms with van der Waals surface area (Å²) in [5.41, 5.74) is 2.07. The molecule has 3 N–H and O–H groups in total. The summed E-state index contributed by atoms with van der Waals surface area (Å²) < 4.78 is 0. The molecule has 5 nitrogen and oxygen atoms in total. The number of carbonyl (C=O) groups excluding carboxylic acids is 2. The van der Waals surface area contributed by atoms with Gasteiger partial charge in [-0.15, -0.1) is 0 Å². The molecule has 0 bridgehead atoms. The molecule has 1 rings (SSSR count). The third-order valence-electron chi connectivity index (χ3n) is 2.88. The maximum absolute atomic E-state index is 11.7. The molecule has 0 aliphatic rings. The third kappa shape index (κ3) is 5.40. The van der Waals surface area contributed by atoms with Crippen molar-refractivity contribution in [3.05, 3.63) is 29.8 Å². The Morgan fingerprint density at radius 1 is 1.00 bits per heavy atom. The number of rotatable bonds is 5. The predicted molar refractivity (Wildman–Crippen MR) is 80.7 cm³/mol. The SMILES string of the molecule is CNC(=O)CNCC(=O)Nc1ccc(C(C)(C)C)cc1. The van der Waals surface area contributed by atoms with Crippen molar-refractivity contribution in [2.45, 2.75) is 26.2 Å². The van der Waals surface area contributed by atoms with Crippen molar-refractivity contribution in [2.75, 3.05) is 25.5 Å². The molecule has 110 valence electrons. The Balaban J connectivity index is 2.44. The van der Waals surface area contributed by atoms with E-state index in [4.69, 9.17) is 0 Å². The predicted octanol–water partition coefficient (Wildman–Crippen LogP) is 1.26. The first-order valence-corrected chi connectivity index (χ1v) is 6.64.